The zero-order chi connectivity index (χ0) is 13.3. The van der Waals surface area contributed by atoms with Gasteiger partial charge in [0.05, 0.1) is 0 Å². The van der Waals surface area contributed by atoms with Crippen molar-refractivity contribution in [3.8, 4) is 0 Å². The molecule has 96 valence electrons. The van der Waals surface area contributed by atoms with E-state index in [1.807, 2.05) is 0 Å². The number of aryl methyl sites for hydroxylation is 1. The van der Waals surface area contributed by atoms with Crippen LogP contribution < -0.4 is 0 Å². The fourth-order valence-corrected chi connectivity index (χ4v) is 3.13. The summed E-state index contributed by atoms with van der Waals surface area (Å²) >= 11 is 0. The minimum absolute atomic E-state index is 0.184. The second-order valence-electron chi connectivity index (χ2n) is 5.73. The maximum Gasteiger partial charge on any atom is 0.0120 e. The Kier molecular flexibility index (Phi) is 3.47. The van der Waals surface area contributed by atoms with Gasteiger partial charge in [0, 0.05) is 5.41 Å². The van der Waals surface area contributed by atoms with Crippen molar-refractivity contribution < 1.29 is 0 Å². The van der Waals surface area contributed by atoms with Gasteiger partial charge in [0.2, 0.25) is 0 Å². The quantitative estimate of drug-likeness (QED) is 0.662. The van der Waals surface area contributed by atoms with Gasteiger partial charge in [0.25, 0.3) is 0 Å². The molecule has 2 rings (SSSR count). The van der Waals surface area contributed by atoms with Gasteiger partial charge >= 0.3 is 0 Å². The Balaban J connectivity index is 2.65. The third-order valence-electron chi connectivity index (χ3n) is 4.09. The molecular weight excluding hydrogens is 216 g/mol. The Bertz CT molecular complexity index is 513. The topological polar surface area (TPSA) is 0 Å². The van der Waals surface area contributed by atoms with E-state index >= 15 is 0 Å². The monoisotopic (exact) mass is 240 g/mol. The summed E-state index contributed by atoms with van der Waals surface area (Å²) in [6, 6.07) is 6.88. The maximum atomic E-state index is 2.36. The summed E-state index contributed by atoms with van der Waals surface area (Å²) in [6.45, 7) is 11.4. The number of fused-ring (bicyclic) bond motifs is 1. The minimum atomic E-state index is 0.184. The van der Waals surface area contributed by atoms with Crippen molar-refractivity contribution in [3.63, 3.8) is 0 Å². The van der Waals surface area contributed by atoms with Crippen molar-refractivity contribution in [2.75, 3.05) is 0 Å². The van der Waals surface area contributed by atoms with E-state index in [4.69, 9.17) is 0 Å². The van der Waals surface area contributed by atoms with Gasteiger partial charge in [0.15, 0.2) is 0 Å². The van der Waals surface area contributed by atoms with Crippen molar-refractivity contribution in [1.29, 1.82) is 0 Å². The number of allylic oxidation sites excluding steroid dienone is 4. The van der Waals surface area contributed by atoms with Crippen LogP contribution in [0.15, 0.2) is 35.9 Å². The number of hydrogen-bond acceptors (Lipinski definition) is 0. The molecule has 0 atom stereocenters. The first-order valence-corrected chi connectivity index (χ1v) is 7.04. The van der Waals surface area contributed by atoms with Gasteiger partial charge in [0.1, 0.15) is 0 Å². The molecule has 0 heterocycles. The van der Waals surface area contributed by atoms with E-state index in [1.54, 1.807) is 5.57 Å². The smallest absolute Gasteiger partial charge is 0.0120 e. The summed E-state index contributed by atoms with van der Waals surface area (Å²) in [5, 5.41) is 0. The summed E-state index contributed by atoms with van der Waals surface area (Å²) < 4.78 is 0. The molecule has 1 aliphatic rings. The van der Waals surface area contributed by atoms with E-state index in [1.165, 1.54) is 22.3 Å². The minimum Gasteiger partial charge on any atom is -0.0842 e. The highest BCUT2D eigenvalue weighted by molar-refractivity contribution is 5.86. The fraction of sp³-hybridized carbons (Fsp3) is 0.444. The van der Waals surface area contributed by atoms with Gasteiger partial charge in [-0.05, 0) is 36.5 Å². The van der Waals surface area contributed by atoms with Crippen LogP contribution in [0.1, 0.15) is 57.2 Å². The average Bonchev–Trinajstić information content (AvgIpc) is 2.54. The van der Waals surface area contributed by atoms with Gasteiger partial charge in [-0.1, -0.05) is 69.2 Å². The molecule has 1 aliphatic carbocycles. The lowest BCUT2D eigenvalue weighted by molar-refractivity contribution is 0.617. The third kappa shape index (κ3) is 1.94. The summed E-state index contributed by atoms with van der Waals surface area (Å²) in [7, 11) is 0. The van der Waals surface area contributed by atoms with Gasteiger partial charge in [-0.15, -0.1) is 0 Å². The van der Waals surface area contributed by atoms with Crippen LogP contribution in [0.5, 0.6) is 0 Å². The zero-order valence-electron chi connectivity index (χ0n) is 12.3. The molecule has 0 spiro atoms. The molecule has 0 heteroatoms. The molecule has 1 aromatic carbocycles. The normalized spacial score (nSPS) is 17.6. The van der Waals surface area contributed by atoms with E-state index in [2.05, 4.69) is 65.0 Å². The van der Waals surface area contributed by atoms with E-state index in [9.17, 15) is 0 Å². The van der Waals surface area contributed by atoms with E-state index in [0.717, 1.165) is 12.8 Å². The highest BCUT2D eigenvalue weighted by Gasteiger charge is 2.35. The average molecular weight is 240 g/mol. The molecular formula is C18H24. The Morgan fingerprint density at radius 3 is 2.50 bits per heavy atom. The molecule has 0 aliphatic heterocycles. The predicted octanol–water partition coefficient (Wildman–Crippen LogP) is 5.42. The SMILES string of the molecule is CC/C=C\C1=C(CC)C(C)(C)c2cc(C)ccc21. The molecule has 0 amide bonds. The Morgan fingerprint density at radius 1 is 1.17 bits per heavy atom. The molecule has 0 saturated carbocycles. The van der Waals surface area contributed by atoms with Crippen LogP contribution in [0.3, 0.4) is 0 Å². The Hall–Kier alpha value is -1.30. The van der Waals surface area contributed by atoms with Gasteiger partial charge in [-0.3, -0.25) is 0 Å². The number of benzene rings is 1. The lowest BCUT2D eigenvalue weighted by Crippen LogP contribution is -2.16. The molecule has 0 fully saturated rings. The van der Waals surface area contributed by atoms with Crippen LogP contribution in [-0.4, -0.2) is 0 Å². The van der Waals surface area contributed by atoms with Crippen LogP contribution in [0.2, 0.25) is 0 Å². The largest absolute Gasteiger partial charge is 0.0842 e. The highest BCUT2D eigenvalue weighted by atomic mass is 14.4. The molecule has 0 saturated heterocycles. The first-order valence-electron chi connectivity index (χ1n) is 7.04. The van der Waals surface area contributed by atoms with E-state index in [-0.39, 0.29) is 5.41 Å². The lowest BCUT2D eigenvalue weighted by atomic mass is 9.80. The standard InChI is InChI=1S/C18H24/c1-6-8-9-14-15-11-10-13(3)12-17(15)18(4,5)16(14)7-2/h8-12H,6-7H2,1-5H3/b9-8-. The second-order valence-corrected chi connectivity index (χ2v) is 5.73. The highest BCUT2D eigenvalue weighted by Crippen LogP contribution is 2.48. The molecule has 0 bridgehead atoms. The summed E-state index contributed by atoms with van der Waals surface area (Å²) in [5.41, 5.74) is 7.51. The molecule has 0 nitrogen and oxygen atoms in total. The van der Waals surface area contributed by atoms with Crippen LogP contribution in [0, 0.1) is 6.92 Å². The fourth-order valence-electron chi connectivity index (χ4n) is 3.13. The number of hydrogen-bond donors (Lipinski definition) is 0. The molecule has 0 radical (unpaired) electrons. The van der Waals surface area contributed by atoms with Gasteiger partial charge in [-0.2, -0.15) is 0 Å². The molecule has 0 unspecified atom stereocenters. The first-order chi connectivity index (χ1) is 8.52. The van der Waals surface area contributed by atoms with Crippen molar-refractivity contribution in [2.24, 2.45) is 0 Å². The summed E-state index contributed by atoms with van der Waals surface area (Å²) in [6.07, 6.45) is 6.82. The number of rotatable bonds is 3. The Labute approximate surface area is 111 Å². The van der Waals surface area contributed by atoms with Crippen molar-refractivity contribution >= 4 is 5.57 Å². The van der Waals surface area contributed by atoms with E-state index < -0.39 is 0 Å². The third-order valence-corrected chi connectivity index (χ3v) is 4.09. The lowest BCUT2D eigenvalue weighted by Gasteiger charge is -2.24. The van der Waals surface area contributed by atoms with Gasteiger partial charge in [-0.25, -0.2) is 0 Å². The second kappa shape index (κ2) is 4.76. The van der Waals surface area contributed by atoms with Crippen LogP contribution in [-0.2, 0) is 5.41 Å². The Morgan fingerprint density at radius 2 is 1.89 bits per heavy atom. The first kappa shape index (κ1) is 13.1. The molecule has 0 aromatic heterocycles. The van der Waals surface area contributed by atoms with E-state index in [0.29, 0.717) is 0 Å². The molecule has 1 aromatic rings. The van der Waals surface area contributed by atoms with Crippen molar-refractivity contribution in [1.82, 2.24) is 0 Å². The summed E-state index contributed by atoms with van der Waals surface area (Å²) in [5.74, 6) is 0. The zero-order valence-corrected chi connectivity index (χ0v) is 12.3. The van der Waals surface area contributed by atoms with Crippen LogP contribution in [0.25, 0.3) is 5.57 Å². The van der Waals surface area contributed by atoms with Crippen LogP contribution in [0.4, 0.5) is 0 Å². The molecule has 0 N–H and O–H groups in total. The summed E-state index contributed by atoms with van der Waals surface area (Å²) in [4.78, 5) is 0. The van der Waals surface area contributed by atoms with Crippen molar-refractivity contribution in [2.45, 2.75) is 52.9 Å². The molecule has 18 heavy (non-hydrogen) atoms. The van der Waals surface area contributed by atoms with Crippen molar-refractivity contribution in [3.05, 3.63) is 52.6 Å². The predicted molar refractivity (Wildman–Crippen MR) is 80.8 cm³/mol. The van der Waals surface area contributed by atoms with Gasteiger partial charge < -0.3 is 0 Å². The maximum absolute atomic E-state index is 2.36. The van der Waals surface area contributed by atoms with Crippen LogP contribution >= 0.6 is 0 Å².